The monoisotopic (exact) mass is 909 g/mol. The molecule has 2 saturated heterocycles. The van der Waals surface area contributed by atoms with Crippen molar-refractivity contribution in [1.29, 1.82) is 0 Å². The summed E-state index contributed by atoms with van der Waals surface area (Å²) in [4.78, 5) is 61.4. The van der Waals surface area contributed by atoms with Crippen molar-refractivity contribution in [3.8, 4) is 11.8 Å². The van der Waals surface area contributed by atoms with Gasteiger partial charge in [0.25, 0.3) is 5.91 Å². The minimum absolute atomic E-state index is 0.0457. The van der Waals surface area contributed by atoms with Crippen molar-refractivity contribution in [3.63, 3.8) is 0 Å². The number of benzene rings is 2. The van der Waals surface area contributed by atoms with Crippen molar-refractivity contribution in [1.82, 2.24) is 25.1 Å². The van der Waals surface area contributed by atoms with E-state index in [0.29, 0.717) is 55.2 Å². The van der Waals surface area contributed by atoms with E-state index in [1.54, 1.807) is 6.08 Å². The van der Waals surface area contributed by atoms with Crippen LogP contribution >= 0.6 is 0 Å². The maximum absolute atomic E-state index is 14.1. The van der Waals surface area contributed by atoms with E-state index >= 15 is 0 Å². The first-order chi connectivity index (χ1) is 32.9. The van der Waals surface area contributed by atoms with Crippen LogP contribution in [-0.2, 0) is 38.5 Å². The molecule has 5 aliphatic heterocycles. The Morgan fingerprint density at radius 3 is 2.62 bits per heavy atom. The summed E-state index contributed by atoms with van der Waals surface area (Å²) in [6.07, 6.45) is 16.6. The molecule has 2 aromatic rings. The molecule has 9 rings (SSSR count). The van der Waals surface area contributed by atoms with Gasteiger partial charge in [0.2, 0.25) is 17.6 Å². The number of ketones is 1. The molecule has 7 aliphatic rings. The fraction of sp³-hybridized carbons (Fsp3) is 0.404. The number of piperidine rings is 1. The van der Waals surface area contributed by atoms with Crippen LogP contribution in [0.5, 0.6) is 0 Å². The molecule has 0 spiro atoms. The van der Waals surface area contributed by atoms with Gasteiger partial charge in [-0.15, -0.1) is 5.73 Å². The van der Waals surface area contributed by atoms with Crippen LogP contribution in [0.3, 0.4) is 0 Å². The lowest BCUT2D eigenvalue weighted by Crippen LogP contribution is -2.46. The van der Waals surface area contributed by atoms with Crippen molar-refractivity contribution < 1.29 is 23.9 Å². The molecular formula is C57H61N6O5+. The van der Waals surface area contributed by atoms with E-state index in [2.05, 4.69) is 73.9 Å². The van der Waals surface area contributed by atoms with Gasteiger partial charge in [0, 0.05) is 80.7 Å². The molecule has 3 amide bonds. The van der Waals surface area contributed by atoms with Gasteiger partial charge in [0.15, 0.2) is 5.78 Å². The van der Waals surface area contributed by atoms with Crippen LogP contribution in [0.15, 0.2) is 116 Å². The molecule has 2 unspecified atom stereocenters. The fourth-order valence-electron chi connectivity index (χ4n) is 10.2. The number of piperazine rings is 1. The Morgan fingerprint density at radius 2 is 1.78 bits per heavy atom. The van der Waals surface area contributed by atoms with Crippen molar-refractivity contribution in [2.75, 3.05) is 39.3 Å². The zero-order valence-corrected chi connectivity index (χ0v) is 39.9. The van der Waals surface area contributed by atoms with Crippen LogP contribution in [0.2, 0.25) is 0 Å². The third-order valence-corrected chi connectivity index (χ3v) is 14.1. The van der Waals surface area contributed by atoms with E-state index in [9.17, 15) is 19.2 Å². The summed E-state index contributed by atoms with van der Waals surface area (Å²) in [6, 6.07) is 12.4. The van der Waals surface area contributed by atoms with Gasteiger partial charge in [-0.05, 0) is 142 Å². The fourth-order valence-corrected chi connectivity index (χ4v) is 10.2. The summed E-state index contributed by atoms with van der Waals surface area (Å²) in [7, 11) is 0. The molecule has 4 bridgehead atoms. The number of rotatable bonds is 7. The summed E-state index contributed by atoms with van der Waals surface area (Å²) in [5.74, 6) is 7.44. The highest BCUT2D eigenvalue weighted by atomic mass is 16.5. The molecule has 0 radical (unpaired) electrons. The normalized spacial score (nSPS) is 22.4. The molecule has 11 nitrogen and oxygen atoms in total. The Labute approximate surface area is 400 Å². The van der Waals surface area contributed by atoms with Gasteiger partial charge < -0.3 is 15.0 Å². The van der Waals surface area contributed by atoms with Crippen molar-refractivity contribution in [3.05, 3.63) is 139 Å². The summed E-state index contributed by atoms with van der Waals surface area (Å²) < 4.78 is 11.0. The molecule has 11 heteroatoms. The zero-order chi connectivity index (χ0) is 47.3. The van der Waals surface area contributed by atoms with Crippen LogP contribution in [0.4, 0.5) is 5.69 Å². The molecule has 348 valence electrons. The summed E-state index contributed by atoms with van der Waals surface area (Å²) >= 11 is 0. The number of fused-ring (bicyclic) bond motifs is 5. The van der Waals surface area contributed by atoms with Crippen LogP contribution in [0, 0.1) is 23.7 Å². The number of hydrogen-bond acceptors (Lipinski definition) is 8. The second-order valence-electron chi connectivity index (χ2n) is 19.4. The minimum Gasteiger partial charge on any atom is -0.486 e. The third-order valence-electron chi connectivity index (χ3n) is 14.1. The van der Waals surface area contributed by atoms with Gasteiger partial charge in [-0.1, -0.05) is 58.8 Å². The van der Waals surface area contributed by atoms with Gasteiger partial charge in [-0.3, -0.25) is 29.4 Å². The maximum atomic E-state index is 14.1. The number of amidine groups is 1. The lowest BCUT2D eigenvalue weighted by molar-refractivity contribution is -0.136. The number of carbonyl (C=O) groups excluding carboxylic acids is 4. The van der Waals surface area contributed by atoms with Gasteiger partial charge in [0.05, 0.1) is 12.3 Å². The van der Waals surface area contributed by atoms with Gasteiger partial charge in [0.1, 0.15) is 11.4 Å². The molecule has 2 fully saturated rings. The van der Waals surface area contributed by atoms with E-state index in [4.69, 9.17) is 9.73 Å². The number of carbonyl (C=O) groups is 4. The molecule has 0 aromatic heterocycles. The van der Waals surface area contributed by atoms with Crippen molar-refractivity contribution >= 4 is 47.0 Å². The average Bonchev–Trinajstić information content (AvgIpc) is 3.49. The number of amides is 3. The van der Waals surface area contributed by atoms with E-state index in [1.807, 2.05) is 57.3 Å². The smallest absolute Gasteiger partial charge is 0.343 e. The summed E-state index contributed by atoms with van der Waals surface area (Å²) in [5.41, 5.74) is 16.4. The summed E-state index contributed by atoms with van der Waals surface area (Å²) in [5, 5.41) is 5.62. The first-order valence-electron chi connectivity index (χ1n) is 24.4. The predicted octanol–water partition coefficient (Wildman–Crippen LogP) is 7.43. The number of aliphatic imine (C=N–C) groups is 1. The largest absolute Gasteiger partial charge is 0.486 e. The Balaban J connectivity index is 0.805. The first-order valence-corrected chi connectivity index (χ1v) is 24.4. The highest BCUT2D eigenvalue weighted by Crippen LogP contribution is 2.33. The topological polar surface area (TPSA) is 135 Å². The number of ether oxygens (including phenoxy) is 1. The van der Waals surface area contributed by atoms with Gasteiger partial charge in [-0.25, -0.2) is 4.99 Å². The second kappa shape index (κ2) is 20.7. The Bertz CT molecular complexity index is 2870. The molecule has 2 N–H and O–H groups in total. The van der Waals surface area contributed by atoms with Crippen LogP contribution in [0.25, 0.3) is 0 Å². The summed E-state index contributed by atoms with van der Waals surface area (Å²) in [6.45, 7) is 14.7. The lowest BCUT2D eigenvalue weighted by atomic mass is 9.82. The van der Waals surface area contributed by atoms with Gasteiger partial charge >= 0.3 is 11.9 Å². The zero-order valence-electron chi connectivity index (χ0n) is 39.9. The highest BCUT2D eigenvalue weighted by Gasteiger charge is 2.31. The standard InChI is InChI=1S/C57H60N6O5/c1-36-10-9-23-68-55-39(4)58-34-50(55)45-25-37(2)38(3)26-47(33-45)57(67)60-53-32-41(24-36)29-46-27-40(14-16-51(46)59-53)35-63-21-19-62(20-22-63)18-7-5-6-11-43-12-8-13-48-49(43)30-42(31-52(48)64)28-44-15-17-54(65)61-56(44)66/h8,12-14,16,26-27,31-34,36,44H,5,7,9-10,15,17-24,28-30,35H2,1-4H3,(H-,59,60,61,65,66,67)/p+1. The average molecular weight is 910 g/mol. The Kier molecular flexibility index (Phi) is 14.1. The Morgan fingerprint density at radius 1 is 0.941 bits per heavy atom. The first kappa shape index (κ1) is 46.5. The number of nitrogens with one attached hydrogen (secondary N) is 2. The van der Waals surface area contributed by atoms with Crippen LogP contribution in [0.1, 0.15) is 112 Å². The van der Waals surface area contributed by atoms with Gasteiger partial charge in [-0.2, -0.15) is 0 Å². The Hall–Kier alpha value is -6.66. The molecule has 2 aliphatic carbocycles. The minimum atomic E-state index is -0.292. The molecule has 2 aromatic carbocycles. The predicted molar refractivity (Wildman–Crippen MR) is 267 cm³/mol. The quantitative estimate of drug-likeness (QED) is 0.0971. The van der Waals surface area contributed by atoms with E-state index in [1.165, 1.54) is 16.7 Å². The van der Waals surface area contributed by atoms with Crippen LogP contribution in [-0.4, -0.2) is 90.4 Å². The second-order valence-corrected chi connectivity index (χ2v) is 19.4. The third kappa shape index (κ3) is 11.0. The number of imide groups is 1. The van der Waals surface area contributed by atoms with E-state index in [0.717, 1.165) is 134 Å². The highest BCUT2D eigenvalue weighted by molar-refractivity contribution is 6.14. The number of unbranched alkanes of at least 4 members (excludes halogenated alkanes) is 1. The molecule has 68 heavy (non-hydrogen) atoms. The molecular weight excluding hydrogens is 849 g/mol. The van der Waals surface area contributed by atoms with Crippen molar-refractivity contribution in [2.24, 2.45) is 16.8 Å². The molecule has 5 heterocycles. The SMILES string of the molecule is CC1=C=C2C=C(C=C1C)C(=O)NC1=Nc3ccc(CN4CCN(CCCC#Cc5cccc6c5CC(CC5CCC(=O)NC5=O)=CC6=O)CC4)cc3CC(=C1)CC(C)CCCOC1=C2C=[N+]=C1C. The van der Waals surface area contributed by atoms with E-state index in [-0.39, 0.29) is 29.4 Å². The van der Waals surface area contributed by atoms with Crippen LogP contribution < -0.4 is 15.3 Å². The number of nitrogens with zero attached hydrogens (tertiary/aromatic N) is 4. The number of allylic oxidation sites excluding steroid dienone is 8. The van der Waals surface area contributed by atoms with E-state index < -0.39 is 0 Å². The number of hydrogen-bond donors (Lipinski definition) is 2. The maximum Gasteiger partial charge on any atom is 0.343 e. The lowest BCUT2D eigenvalue weighted by Gasteiger charge is -2.34. The molecule has 0 saturated carbocycles. The molecule has 2 atom stereocenters. The van der Waals surface area contributed by atoms with Crippen molar-refractivity contribution in [2.45, 2.75) is 98.4 Å².